The first-order valence-corrected chi connectivity index (χ1v) is 6.53. The van der Waals surface area contributed by atoms with Crippen LogP contribution in [0.4, 0.5) is 10.5 Å². The number of hydrogen-bond donors (Lipinski definition) is 0. The molecule has 1 fully saturated rings. The van der Waals surface area contributed by atoms with E-state index in [0.29, 0.717) is 17.9 Å². The zero-order valence-electron chi connectivity index (χ0n) is 12.0. The second kappa shape index (κ2) is 5.78. The van der Waals surface area contributed by atoms with E-state index in [1.807, 2.05) is 0 Å². The fourth-order valence-corrected chi connectivity index (χ4v) is 2.05. The van der Waals surface area contributed by atoms with Gasteiger partial charge in [-0.15, -0.1) is 0 Å². The van der Waals surface area contributed by atoms with Crippen LogP contribution in [-0.2, 0) is 9.59 Å². The van der Waals surface area contributed by atoms with E-state index in [2.05, 4.69) is 6.58 Å². The van der Waals surface area contributed by atoms with Crippen LogP contribution in [0.15, 0.2) is 36.4 Å². The van der Waals surface area contributed by atoms with Gasteiger partial charge < -0.3 is 4.74 Å². The Morgan fingerprint density at radius 2 is 1.86 bits per heavy atom. The van der Waals surface area contributed by atoms with Crippen molar-refractivity contribution in [1.29, 1.82) is 0 Å². The number of ether oxygens (including phenoxy) is 1. The van der Waals surface area contributed by atoms with Crippen molar-refractivity contribution < 1.29 is 19.1 Å². The molecule has 1 aromatic carbocycles. The van der Waals surface area contributed by atoms with Gasteiger partial charge in [-0.3, -0.25) is 14.5 Å². The van der Waals surface area contributed by atoms with E-state index < -0.39 is 17.8 Å². The summed E-state index contributed by atoms with van der Waals surface area (Å²) in [4.78, 5) is 38.1. The highest BCUT2D eigenvalue weighted by atomic mass is 16.5. The van der Waals surface area contributed by atoms with Crippen LogP contribution in [0.2, 0.25) is 0 Å². The predicted molar refractivity (Wildman–Crippen MR) is 77.0 cm³/mol. The molecular weight excluding hydrogens is 272 g/mol. The molecule has 1 aromatic rings. The highest BCUT2D eigenvalue weighted by Gasteiger charge is 2.46. The third-order valence-electron chi connectivity index (χ3n) is 2.89. The highest BCUT2D eigenvalue weighted by Crippen LogP contribution is 2.31. The fourth-order valence-electron chi connectivity index (χ4n) is 2.05. The lowest BCUT2D eigenvalue weighted by molar-refractivity contribution is -0.139. The van der Waals surface area contributed by atoms with Gasteiger partial charge in [-0.1, -0.05) is 24.3 Å². The predicted octanol–water partition coefficient (Wildman–Crippen LogP) is 1.96. The van der Waals surface area contributed by atoms with Crippen molar-refractivity contribution in [1.82, 2.24) is 4.90 Å². The van der Waals surface area contributed by atoms with Crippen molar-refractivity contribution in [3.8, 4) is 5.75 Å². The summed E-state index contributed by atoms with van der Waals surface area (Å²) >= 11 is 0. The molecule has 0 aromatic heterocycles. The molecule has 2 rings (SSSR count). The van der Waals surface area contributed by atoms with Crippen LogP contribution in [0.5, 0.6) is 5.75 Å². The van der Waals surface area contributed by atoms with Crippen LogP contribution in [0, 0.1) is 0 Å². The van der Waals surface area contributed by atoms with Gasteiger partial charge in [-0.25, -0.2) is 9.69 Å². The van der Waals surface area contributed by atoms with E-state index in [1.54, 1.807) is 38.1 Å². The van der Waals surface area contributed by atoms with Gasteiger partial charge in [0.25, 0.3) is 0 Å². The molecule has 110 valence electrons. The number of hydrogen-bond acceptors (Lipinski definition) is 4. The maximum atomic E-state index is 12.3. The van der Waals surface area contributed by atoms with Crippen molar-refractivity contribution in [3.05, 3.63) is 36.4 Å². The summed E-state index contributed by atoms with van der Waals surface area (Å²) in [5.74, 6) is -1.35. The second-order valence-corrected chi connectivity index (χ2v) is 4.67. The Morgan fingerprint density at radius 1 is 1.19 bits per heavy atom. The molecule has 0 spiro atoms. The quantitative estimate of drug-likeness (QED) is 0.472. The van der Waals surface area contributed by atoms with Crippen molar-refractivity contribution in [3.63, 3.8) is 0 Å². The molecule has 6 heteroatoms. The molecular formula is C15H16N2O4. The van der Waals surface area contributed by atoms with E-state index in [9.17, 15) is 14.4 Å². The van der Waals surface area contributed by atoms with E-state index >= 15 is 0 Å². The van der Waals surface area contributed by atoms with Crippen LogP contribution in [0.25, 0.3) is 0 Å². The molecule has 1 aliphatic rings. The maximum absolute atomic E-state index is 12.3. The van der Waals surface area contributed by atoms with Crippen molar-refractivity contribution in [2.24, 2.45) is 0 Å². The van der Waals surface area contributed by atoms with Crippen molar-refractivity contribution in [2.75, 3.05) is 18.1 Å². The number of rotatable bonds is 5. The van der Waals surface area contributed by atoms with Crippen LogP contribution in [0.1, 0.15) is 13.8 Å². The summed E-state index contributed by atoms with van der Waals surface area (Å²) in [5, 5.41) is 0. The van der Waals surface area contributed by atoms with Crippen molar-refractivity contribution in [2.45, 2.75) is 13.8 Å². The van der Waals surface area contributed by atoms with Crippen LogP contribution < -0.4 is 9.64 Å². The van der Waals surface area contributed by atoms with Crippen LogP contribution in [0.3, 0.4) is 0 Å². The number of anilines is 1. The normalized spacial score (nSPS) is 14.9. The average molecular weight is 288 g/mol. The fraction of sp³-hybridized carbons (Fsp3) is 0.267. The lowest BCUT2D eigenvalue weighted by atomic mass is 10.2. The number of amides is 4. The summed E-state index contributed by atoms with van der Waals surface area (Å²) in [6.07, 6.45) is 0. The molecule has 4 amide bonds. The number of urea groups is 1. The zero-order chi connectivity index (χ0) is 15.6. The Morgan fingerprint density at radius 3 is 2.48 bits per heavy atom. The van der Waals surface area contributed by atoms with Gasteiger partial charge in [0.2, 0.25) is 0 Å². The first-order chi connectivity index (χ1) is 9.97. The number of carbonyl (C=O) groups excluding carboxylic acids is 3. The number of para-hydroxylation sites is 2. The van der Waals surface area contributed by atoms with Gasteiger partial charge in [0, 0.05) is 0 Å². The number of imide groups is 2. The lowest BCUT2D eigenvalue weighted by Gasteiger charge is -2.18. The Bertz CT molecular complexity index is 624. The second-order valence-electron chi connectivity index (χ2n) is 4.67. The summed E-state index contributed by atoms with van der Waals surface area (Å²) in [7, 11) is 0. The van der Waals surface area contributed by atoms with E-state index in [4.69, 9.17) is 4.74 Å². The van der Waals surface area contributed by atoms with E-state index in [-0.39, 0.29) is 12.2 Å². The molecule has 0 atom stereocenters. The van der Waals surface area contributed by atoms with Crippen LogP contribution in [-0.4, -0.2) is 35.9 Å². The summed E-state index contributed by atoms with van der Waals surface area (Å²) in [6, 6.07) is 5.93. The van der Waals surface area contributed by atoms with Gasteiger partial charge in [0.1, 0.15) is 5.75 Å². The smallest absolute Gasteiger partial charge is 0.339 e. The Kier molecular flexibility index (Phi) is 4.07. The molecule has 0 radical (unpaired) electrons. The summed E-state index contributed by atoms with van der Waals surface area (Å²) < 4.78 is 5.40. The van der Waals surface area contributed by atoms with Gasteiger partial charge in [0.05, 0.1) is 18.8 Å². The minimum absolute atomic E-state index is 0.0245. The minimum Gasteiger partial charge on any atom is -0.492 e. The third-order valence-corrected chi connectivity index (χ3v) is 2.89. The number of carbonyl (C=O) groups is 3. The molecule has 6 nitrogen and oxygen atoms in total. The van der Waals surface area contributed by atoms with Crippen LogP contribution >= 0.6 is 0 Å². The largest absolute Gasteiger partial charge is 0.492 e. The third kappa shape index (κ3) is 2.65. The SMILES string of the molecule is C=C(C)CN1C(=O)C(=O)N(c2ccccc2OCC)C1=O. The number of benzene rings is 1. The number of nitrogens with zero attached hydrogens (tertiary/aromatic N) is 2. The van der Waals surface area contributed by atoms with Gasteiger partial charge in [0.15, 0.2) is 0 Å². The molecule has 0 unspecified atom stereocenters. The molecule has 1 heterocycles. The lowest BCUT2D eigenvalue weighted by Crippen LogP contribution is -2.34. The Hall–Kier alpha value is -2.63. The molecule has 0 N–H and O–H groups in total. The topological polar surface area (TPSA) is 66.9 Å². The average Bonchev–Trinajstić information content (AvgIpc) is 2.64. The minimum atomic E-state index is -0.881. The monoisotopic (exact) mass is 288 g/mol. The molecule has 21 heavy (non-hydrogen) atoms. The van der Waals surface area contributed by atoms with E-state index in [0.717, 1.165) is 9.80 Å². The Balaban J connectivity index is 2.41. The molecule has 0 saturated carbocycles. The van der Waals surface area contributed by atoms with Gasteiger partial charge in [-0.2, -0.15) is 0 Å². The van der Waals surface area contributed by atoms with E-state index in [1.165, 1.54) is 0 Å². The van der Waals surface area contributed by atoms with Crippen molar-refractivity contribution >= 4 is 23.5 Å². The zero-order valence-corrected chi connectivity index (χ0v) is 12.0. The molecule has 0 aliphatic carbocycles. The molecule has 0 bridgehead atoms. The first-order valence-electron chi connectivity index (χ1n) is 6.53. The molecule has 1 aliphatic heterocycles. The Labute approximate surface area is 122 Å². The summed E-state index contributed by atoms with van der Waals surface area (Å²) in [6.45, 7) is 7.54. The van der Waals surface area contributed by atoms with Gasteiger partial charge in [-0.05, 0) is 26.0 Å². The molecule has 1 saturated heterocycles. The highest BCUT2D eigenvalue weighted by molar-refractivity contribution is 6.53. The standard InChI is InChI=1S/C15H16N2O4/c1-4-21-12-8-6-5-7-11(12)17-14(19)13(18)16(15(17)20)9-10(2)3/h5-8H,2,4,9H2,1,3H3. The maximum Gasteiger partial charge on any atom is 0.339 e. The first kappa shape index (κ1) is 14.8. The van der Waals surface area contributed by atoms with Gasteiger partial charge >= 0.3 is 17.8 Å². The summed E-state index contributed by atoms with van der Waals surface area (Å²) in [5.41, 5.74) is 0.886.